The van der Waals surface area contributed by atoms with Crippen LogP contribution in [0.2, 0.25) is 0 Å². The average molecular weight is 488 g/mol. The topological polar surface area (TPSA) is 57.3 Å². The first-order valence-electron chi connectivity index (χ1n) is 13.4. The molecule has 36 heavy (non-hydrogen) atoms. The molecule has 0 spiro atoms. The standard InChI is InChI=1S/C30H41N5O/c1-23(2)21-35-27-13-8-7-12-26(27)32-29(35)34-19-17-33(18-20-34)16-10-15-30(22-31,24(3)4)25-11-6-9-14-28(25)36-5/h6-9,11-14,23-24H,10,15-21H2,1-5H3. The lowest BCUT2D eigenvalue weighted by molar-refractivity contribution is 0.236. The molecule has 0 N–H and O–H groups in total. The van der Waals surface area contributed by atoms with Gasteiger partial charge in [-0.05, 0) is 49.4 Å². The van der Waals surface area contributed by atoms with Gasteiger partial charge in [0.1, 0.15) is 5.75 Å². The van der Waals surface area contributed by atoms with Crippen molar-refractivity contribution in [3.8, 4) is 11.8 Å². The van der Waals surface area contributed by atoms with Crippen molar-refractivity contribution >= 4 is 17.0 Å². The molecule has 0 bridgehead atoms. The van der Waals surface area contributed by atoms with Crippen LogP contribution in [-0.4, -0.2) is 54.3 Å². The molecule has 4 rings (SSSR count). The highest BCUT2D eigenvalue weighted by molar-refractivity contribution is 5.78. The van der Waals surface area contributed by atoms with Gasteiger partial charge in [-0.1, -0.05) is 58.0 Å². The lowest BCUT2D eigenvalue weighted by Crippen LogP contribution is -2.47. The summed E-state index contributed by atoms with van der Waals surface area (Å²) in [6.07, 6.45) is 1.81. The maximum atomic E-state index is 10.3. The van der Waals surface area contributed by atoms with E-state index in [2.05, 4.69) is 78.5 Å². The van der Waals surface area contributed by atoms with Crippen molar-refractivity contribution in [2.24, 2.45) is 11.8 Å². The molecule has 1 aliphatic rings. The Morgan fingerprint density at radius 3 is 2.36 bits per heavy atom. The van der Waals surface area contributed by atoms with Crippen molar-refractivity contribution in [1.29, 1.82) is 5.26 Å². The summed E-state index contributed by atoms with van der Waals surface area (Å²) in [5.74, 6) is 2.67. The minimum Gasteiger partial charge on any atom is -0.496 e. The second-order valence-corrected chi connectivity index (χ2v) is 10.8. The number of benzene rings is 2. The van der Waals surface area contributed by atoms with Crippen LogP contribution in [0.5, 0.6) is 5.75 Å². The number of rotatable bonds is 10. The SMILES string of the molecule is COc1ccccc1C(C#N)(CCCN1CCN(c2nc3ccccc3n2CC(C)C)CC1)C(C)C. The van der Waals surface area contributed by atoms with E-state index in [0.29, 0.717) is 5.92 Å². The first kappa shape index (κ1) is 26.0. The molecule has 0 aliphatic carbocycles. The van der Waals surface area contributed by atoms with Crippen molar-refractivity contribution in [2.45, 2.75) is 52.5 Å². The zero-order chi connectivity index (χ0) is 25.7. The Morgan fingerprint density at radius 2 is 1.69 bits per heavy atom. The predicted octanol–water partition coefficient (Wildman–Crippen LogP) is 5.72. The number of nitrogens with zero attached hydrogens (tertiary/aromatic N) is 5. The Balaban J connectivity index is 1.40. The second-order valence-electron chi connectivity index (χ2n) is 10.8. The summed E-state index contributed by atoms with van der Waals surface area (Å²) in [5, 5.41) is 10.3. The van der Waals surface area contributed by atoms with Crippen LogP contribution >= 0.6 is 0 Å². The third-order valence-electron chi connectivity index (χ3n) is 7.66. The van der Waals surface area contributed by atoms with Gasteiger partial charge in [0.2, 0.25) is 5.95 Å². The van der Waals surface area contributed by atoms with Gasteiger partial charge in [0, 0.05) is 38.3 Å². The van der Waals surface area contributed by atoms with Crippen LogP contribution in [0.1, 0.15) is 46.1 Å². The molecule has 2 heterocycles. The monoisotopic (exact) mass is 487 g/mol. The van der Waals surface area contributed by atoms with Gasteiger partial charge in [-0.3, -0.25) is 4.90 Å². The molecule has 3 aromatic rings. The van der Waals surface area contributed by atoms with E-state index in [9.17, 15) is 5.26 Å². The molecule has 1 fully saturated rings. The van der Waals surface area contributed by atoms with Crippen LogP contribution in [-0.2, 0) is 12.0 Å². The summed E-state index contributed by atoms with van der Waals surface area (Å²) in [5.41, 5.74) is 2.77. The number of para-hydroxylation sites is 3. The van der Waals surface area contributed by atoms with E-state index in [-0.39, 0.29) is 5.92 Å². The molecule has 6 nitrogen and oxygen atoms in total. The molecule has 1 saturated heterocycles. The fourth-order valence-corrected chi connectivity index (χ4v) is 5.60. The Morgan fingerprint density at radius 1 is 1.00 bits per heavy atom. The Bertz CT molecular complexity index is 1190. The van der Waals surface area contributed by atoms with Crippen molar-refractivity contribution in [2.75, 3.05) is 44.7 Å². The molecule has 1 aromatic heterocycles. The highest BCUT2D eigenvalue weighted by atomic mass is 16.5. The summed E-state index contributed by atoms with van der Waals surface area (Å²) in [6.45, 7) is 14.8. The van der Waals surface area contributed by atoms with Crippen LogP contribution in [0.4, 0.5) is 5.95 Å². The van der Waals surface area contributed by atoms with Crippen LogP contribution in [0, 0.1) is 23.2 Å². The van der Waals surface area contributed by atoms with Crippen LogP contribution in [0.3, 0.4) is 0 Å². The molecule has 0 amide bonds. The molecule has 0 radical (unpaired) electrons. The molecule has 1 aliphatic heterocycles. The van der Waals surface area contributed by atoms with Crippen LogP contribution < -0.4 is 9.64 Å². The number of fused-ring (bicyclic) bond motifs is 1. The third-order valence-corrected chi connectivity index (χ3v) is 7.66. The van der Waals surface area contributed by atoms with E-state index in [0.717, 1.165) is 74.9 Å². The molecule has 192 valence electrons. The molecule has 2 aromatic carbocycles. The van der Waals surface area contributed by atoms with Gasteiger partial charge in [0.25, 0.3) is 0 Å². The smallest absolute Gasteiger partial charge is 0.206 e. The number of nitriles is 1. The largest absolute Gasteiger partial charge is 0.496 e. The minimum absolute atomic E-state index is 0.199. The Hall–Kier alpha value is -3.04. The van der Waals surface area contributed by atoms with Gasteiger partial charge >= 0.3 is 0 Å². The third kappa shape index (κ3) is 5.22. The van der Waals surface area contributed by atoms with Gasteiger partial charge in [0.15, 0.2) is 0 Å². The number of piperazine rings is 1. The van der Waals surface area contributed by atoms with Gasteiger partial charge in [-0.25, -0.2) is 4.98 Å². The van der Waals surface area contributed by atoms with Gasteiger partial charge in [-0.2, -0.15) is 5.26 Å². The van der Waals surface area contributed by atoms with Gasteiger partial charge in [-0.15, -0.1) is 0 Å². The van der Waals surface area contributed by atoms with Gasteiger partial charge in [0.05, 0.1) is 29.6 Å². The first-order chi connectivity index (χ1) is 17.4. The van der Waals surface area contributed by atoms with Gasteiger partial charge < -0.3 is 14.2 Å². The molecule has 6 heteroatoms. The summed E-state index contributed by atoms with van der Waals surface area (Å²) in [6, 6.07) is 19.2. The minimum atomic E-state index is -0.546. The zero-order valence-corrected chi connectivity index (χ0v) is 22.6. The Labute approximate surface area is 216 Å². The fraction of sp³-hybridized carbons (Fsp3) is 0.533. The number of imidazole rings is 1. The Kier molecular flexibility index (Phi) is 8.21. The highest BCUT2D eigenvalue weighted by Gasteiger charge is 2.38. The van der Waals surface area contributed by atoms with Crippen LogP contribution in [0.25, 0.3) is 11.0 Å². The number of ether oxygens (including phenoxy) is 1. The molecular formula is C30H41N5O. The maximum Gasteiger partial charge on any atom is 0.206 e. The predicted molar refractivity (Wildman–Crippen MR) is 148 cm³/mol. The van der Waals surface area contributed by atoms with Crippen molar-refractivity contribution in [3.63, 3.8) is 0 Å². The van der Waals surface area contributed by atoms with Crippen molar-refractivity contribution in [3.05, 3.63) is 54.1 Å². The summed E-state index contributed by atoms with van der Waals surface area (Å²) >= 11 is 0. The fourth-order valence-electron chi connectivity index (χ4n) is 5.60. The van der Waals surface area contributed by atoms with Crippen molar-refractivity contribution in [1.82, 2.24) is 14.5 Å². The number of hydrogen-bond acceptors (Lipinski definition) is 5. The number of hydrogen-bond donors (Lipinski definition) is 0. The quantitative estimate of drug-likeness (QED) is 0.366. The van der Waals surface area contributed by atoms with Crippen LogP contribution in [0.15, 0.2) is 48.5 Å². The maximum absolute atomic E-state index is 10.3. The van der Waals surface area contributed by atoms with Crippen molar-refractivity contribution < 1.29 is 4.74 Å². The highest BCUT2D eigenvalue weighted by Crippen LogP contribution is 2.41. The summed E-state index contributed by atoms with van der Waals surface area (Å²) < 4.78 is 8.03. The van der Waals surface area contributed by atoms with E-state index < -0.39 is 5.41 Å². The van der Waals surface area contributed by atoms with E-state index in [1.165, 1.54) is 5.52 Å². The molecule has 1 unspecified atom stereocenters. The first-order valence-corrected chi connectivity index (χ1v) is 13.4. The summed E-state index contributed by atoms with van der Waals surface area (Å²) in [4.78, 5) is 10.00. The lowest BCUT2D eigenvalue weighted by atomic mass is 9.69. The number of methoxy groups -OCH3 is 1. The lowest BCUT2D eigenvalue weighted by Gasteiger charge is -2.37. The summed E-state index contributed by atoms with van der Waals surface area (Å²) in [7, 11) is 1.69. The molecular weight excluding hydrogens is 446 g/mol. The normalized spacial score (nSPS) is 16.4. The van der Waals surface area contributed by atoms with E-state index in [1.807, 2.05) is 18.2 Å². The molecule has 0 saturated carbocycles. The number of aromatic nitrogens is 2. The second kappa shape index (κ2) is 11.3. The zero-order valence-electron chi connectivity index (χ0n) is 22.6. The van der Waals surface area contributed by atoms with E-state index in [1.54, 1.807) is 7.11 Å². The van der Waals surface area contributed by atoms with E-state index in [4.69, 9.17) is 9.72 Å². The molecule has 1 atom stereocenters. The average Bonchev–Trinajstić information content (AvgIpc) is 3.24. The van der Waals surface area contributed by atoms with E-state index >= 15 is 0 Å². The number of anilines is 1.